The van der Waals surface area contributed by atoms with Gasteiger partial charge < -0.3 is 15.0 Å². The van der Waals surface area contributed by atoms with E-state index >= 15 is 0 Å². The fourth-order valence-corrected chi connectivity index (χ4v) is 2.59. The van der Waals surface area contributed by atoms with Crippen molar-refractivity contribution in [1.82, 2.24) is 10.2 Å². The Morgan fingerprint density at radius 3 is 2.50 bits per heavy atom. The van der Waals surface area contributed by atoms with Crippen LogP contribution in [0.2, 0.25) is 0 Å². The average Bonchev–Trinajstić information content (AvgIpc) is 2.90. The predicted octanol–water partition coefficient (Wildman–Crippen LogP) is 3.21. The van der Waals surface area contributed by atoms with Crippen LogP contribution in [0, 0.1) is 0 Å². The summed E-state index contributed by atoms with van der Waals surface area (Å²) in [6.07, 6.45) is -0.620. The van der Waals surface area contributed by atoms with Gasteiger partial charge in [-0.15, -0.1) is 0 Å². The van der Waals surface area contributed by atoms with Crippen molar-refractivity contribution in [3.63, 3.8) is 0 Å². The van der Waals surface area contributed by atoms with E-state index in [9.17, 15) is 14.0 Å². The number of likely N-dealkylation sites (tertiary alicyclic amines) is 1. The molecule has 0 unspecified atom stereocenters. The molecule has 2 atom stereocenters. The number of carbonyl (C=O) groups excluding carboxylic acids is 2. The summed E-state index contributed by atoms with van der Waals surface area (Å²) in [6.45, 7) is 6.93. The number of ether oxygens (including phenoxy) is 1. The van der Waals surface area contributed by atoms with Crippen molar-refractivity contribution in [3.8, 4) is 0 Å². The number of halogens is 1. The van der Waals surface area contributed by atoms with Crippen molar-refractivity contribution >= 4 is 12.0 Å². The predicted molar refractivity (Wildman–Crippen MR) is 89.3 cm³/mol. The van der Waals surface area contributed by atoms with Gasteiger partial charge in [0, 0.05) is 13.0 Å². The molecule has 1 fully saturated rings. The number of rotatable bonds is 3. The van der Waals surface area contributed by atoms with Gasteiger partial charge in [0.25, 0.3) is 5.91 Å². The Kier molecular flexibility index (Phi) is 5.16. The van der Waals surface area contributed by atoms with Gasteiger partial charge in [-0.05, 0) is 33.3 Å². The lowest BCUT2D eigenvalue weighted by molar-refractivity contribution is -0.132. The van der Waals surface area contributed by atoms with Gasteiger partial charge in [-0.3, -0.25) is 4.79 Å². The summed E-state index contributed by atoms with van der Waals surface area (Å²) in [5, 5.41) is 2.69. The molecule has 2 amide bonds. The minimum absolute atomic E-state index is 0.0282. The molecule has 0 spiro atoms. The molecule has 2 rings (SSSR count). The lowest BCUT2D eigenvalue weighted by atomic mass is 10.0. The van der Waals surface area contributed by atoms with Crippen LogP contribution in [0.1, 0.15) is 45.7 Å². The maximum Gasteiger partial charge on any atom is 0.410 e. The van der Waals surface area contributed by atoms with Crippen molar-refractivity contribution in [2.75, 3.05) is 13.1 Å². The number of nitrogens with one attached hydrogen (secondary N) is 1. The second-order valence-corrected chi connectivity index (χ2v) is 7.22. The molecule has 0 saturated carbocycles. The van der Waals surface area contributed by atoms with E-state index in [1.54, 1.807) is 27.7 Å². The van der Waals surface area contributed by atoms with Crippen LogP contribution in [-0.2, 0) is 9.53 Å². The highest BCUT2D eigenvalue weighted by atomic mass is 19.1. The third kappa shape index (κ3) is 4.46. The zero-order chi connectivity index (χ0) is 18.0. The molecule has 0 aromatic heterocycles. The lowest BCUT2D eigenvalue weighted by Gasteiger charge is -2.25. The van der Waals surface area contributed by atoms with Gasteiger partial charge >= 0.3 is 6.09 Å². The summed E-state index contributed by atoms with van der Waals surface area (Å²) in [5.41, 5.74) is -1.83. The van der Waals surface area contributed by atoms with E-state index in [0.29, 0.717) is 0 Å². The molecule has 1 aromatic rings. The van der Waals surface area contributed by atoms with Gasteiger partial charge in [0.1, 0.15) is 5.60 Å². The SMILES string of the molecule is C[C@@H](NC(=O)[C@@]1(F)CCN(C(=O)OC(C)(C)C)C1)c1ccccc1. The number of hydrogen-bond acceptors (Lipinski definition) is 3. The highest BCUT2D eigenvalue weighted by molar-refractivity contribution is 5.87. The van der Waals surface area contributed by atoms with E-state index in [0.717, 1.165) is 5.56 Å². The van der Waals surface area contributed by atoms with E-state index in [1.165, 1.54) is 4.90 Å². The normalized spacial score (nSPS) is 22.1. The number of alkyl halides is 1. The largest absolute Gasteiger partial charge is 0.444 e. The van der Waals surface area contributed by atoms with E-state index < -0.39 is 23.3 Å². The smallest absolute Gasteiger partial charge is 0.410 e. The first-order valence-corrected chi connectivity index (χ1v) is 8.13. The van der Waals surface area contributed by atoms with Crippen molar-refractivity contribution in [1.29, 1.82) is 0 Å². The summed E-state index contributed by atoms with van der Waals surface area (Å²) in [4.78, 5) is 25.6. The maximum absolute atomic E-state index is 15.0. The molecule has 1 N–H and O–H groups in total. The van der Waals surface area contributed by atoms with Gasteiger partial charge in [0.15, 0.2) is 0 Å². The van der Waals surface area contributed by atoms with Crippen LogP contribution in [0.4, 0.5) is 9.18 Å². The van der Waals surface area contributed by atoms with Gasteiger partial charge in [-0.2, -0.15) is 0 Å². The Morgan fingerprint density at radius 2 is 1.92 bits per heavy atom. The lowest BCUT2D eigenvalue weighted by Crippen LogP contribution is -2.47. The van der Waals surface area contributed by atoms with Gasteiger partial charge in [-0.25, -0.2) is 9.18 Å². The molecule has 1 saturated heterocycles. The third-order valence-electron chi connectivity index (χ3n) is 3.93. The Balaban J connectivity index is 1.96. The third-order valence-corrected chi connectivity index (χ3v) is 3.93. The van der Waals surface area contributed by atoms with E-state index in [1.807, 2.05) is 30.3 Å². The van der Waals surface area contributed by atoms with E-state index in [2.05, 4.69) is 5.32 Å². The molecule has 0 aliphatic carbocycles. The monoisotopic (exact) mass is 336 g/mol. The quantitative estimate of drug-likeness (QED) is 0.922. The van der Waals surface area contributed by atoms with Crippen LogP contribution in [0.3, 0.4) is 0 Å². The van der Waals surface area contributed by atoms with Crippen LogP contribution < -0.4 is 5.32 Å². The second-order valence-electron chi connectivity index (χ2n) is 7.22. The number of carbonyl (C=O) groups is 2. The summed E-state index contributed by atoms with van der Waals surface area (Å²) >= 11 is 0. The Labute approximate surface area is 142 Å². The summed E-state index contributed by atoms with van der Waals surface area (Å²) in [5.74, 6) is -0.690. The Morgan fingerprint density at radius 1 is 1.29 bits per heavy atom. The maximum atomic E-state index is 15.0. The zero-order valence-electron chi connectivity index (χ0n) is 14.6. The zero-order valence-corrected chi connectivity index (χ0v) is 14.6. The molecule has 1 heterocycles. The van der Waals surface area contributed by atoms with Crippen LogP contribution in [0.15, 0.2) is 30.3 Å². The van der Waals surface area contributed by atoms with Gasteiger partial charge in [-0.1, -0.05) is 30.3 Å². The fraction of sp³-hybridized carbons (Fsp3) is 0.556. The first-order chi connectivity index (χ1) is 11.1. The van der Waals surface area contributed by atoms with E-state index in [-0.39, 0.29) is 25.6 Å². The molecule has 1 aliphatic heterocycles. The Bertz CT molecular complexity index is 600. The number of benzene rings is 1. The summed E-state index contributed by atoms with van der Waals surface area (Å²) < 4.78 is 20.2. The molecular weight excluding hydrogens is 311 g/mol. The molecule has 1 aliphatic rings. The standard InChI is InChI=1S/C18H25FN2O3/c1-13(14-8-6-5-7-9-14)20-15(22)18(19)10-11-21(12-18)16(23)24-17(2,3)4/h5-9,13H,10-12H2,1-4H3,(H,20,22)/t13-,18-/m1/s1. The minimum Gasteiger partial charge on any atom is -0.444 e. The fourth-order valence-electron chi connectivity index (χ4n) is 2.59. The first-order valence-electron chi connectivity index (χ1n) is 8.13. The highest BCUT2D eigenvalue weighted by Gasteiger charge is 2.47. The van der Waals surface area contributed by atoms with Gasteiger partial charge in [0.2, 0.25) is 5.67 Å². The van der Waals surface area contributed by atoms with Crippen molar-refractivity contribution < 1.29 is 18.7 Å². The van der Waals surface area contributed by atoms with Crippen LogP contribution >= 0.6 is 0 Å². The molecule has 132 valence electrons. The Hall–Kier alpha value is -2.11. The summed E-state index contributed by atoms with van der Waals surface area (Å²) in [7, 11) is 0. The second kappa shape index (κ2) is 6.79. The van der Waals surface area contributed by atoms with Crippen LogP contribution in [0.25, 0.3) is 0 Å². The molecule has 1 aromatic carbocycles. The van der Waals surface area contributed by atoms with Crippen molar-refractivity contribution in [2.45, 2.75) is 51.4 Å². The van der Waals surface area contributed by atoms with Crippen LogP contribution in [0.5, 0.6) is 0 Å². The average molecular weight is 336 g/mol. The van der Waals surface area contributed by atoms with Crippen LogP contribution in [-0.4, -0.2) is 41.3 Å². The molecule has 0 bridgehead atoms. The minimum atomic E-state index is -2.08. The molecular formula is C18H25FN2O3. The number of hydrogen-bond donors (Lipinski definition) is 1. The summed E-state index contributed by atoms with van der Waals surface area (Å²) in [6, 6.07) is 9.05. The molecule has 24 heavy (non-hydrogen) atoms. The highest BCUT2D eigenvalue weighted by Crippen LogP contribution is 2.28. The van der Waals surface area contributed by atoms with E-state index in [4.69, 9.17) is 4.74 Å². The number of amides is 2. The molecule has 0 radical (unpaired) electrons. The van der Waals surface area contributed by atoms with Crippen molar-refractivity contribution in [3.05, 3.63) is 35.9 Å². The topological polar surface area (TPSA) is 58.6 Å². The first kappa shape index (κ1) is 18.2. The number of nitrogens with zero attached hydrogens (tertiary/aromatic N) is 1. The van der Waals surface area contributed by atoms with Crippen molar-refractivity contribution in [2.24, 2.45) is 0 Å². The molecule has 5 nitrogen and oxygen atoms in total. The van der Waals surface area contributed by atoms with Gasteiger partial charge in [0.05, 0.1) is 12.6 Å². The molecule has 6 heteroatoms.